The summed E-state index contributed by atoms with van der Waals surface area (Å²) in [5.74, 6) is 0.913. The van der Waals surface area contributed by atoms with Crippen LogP contribution in [0.4, 0.5) is 0 Å². The van der Waals surface area contributed by atoms with Crippen molar-refractivity contribution >= 4 is 75.1 Å². The highest BCUT2D eigenvalue weighted by molar-refractivity contribution is 7.25. The second-order valence-electron chi connectivity index (χ2n) is 8.70. The van der Waals surface area contributed by atoms with Gasteiger partial charge in [-0.1, -0.05) is 54.6 Å². The molecule has 0 bridgehead atoms. The molecule has 0 atom stereocenters. The minimum absolute atomic E-state index is 0.913. The van der Waals surface area contributed by atoms with E-state index in [1.54, 1.807) is 0 Å². The van der Waals surface area contributed by atoms with E-state index in [9.17, 15) is 0 Å². The molecular formula is C30H17N3S. The van der Waals surface area contributed by atoms with Crippen molar-refractivity contribution in [3.05, 3.63) is 103 Å². The third-order valence-corrected chi connectivity index (χ3v) is 7.95. The summed E-state index contributed by atoms with van der Waals surface area (Å²) < 4.78 is 4.94. The Morgan fingerprint density at radius 3 is 2.29 bits per heavy atom. The third-order valence-electron chi connectivity index (χ3n) is 6.82. The van der Waals surface area contributed by atoms with E-state index in [4.69, 9.17) is 4.98 Å². The number of hydrogen-bond donors (Lipinski definition) is 0. The van der Waals surface area contributed by atoms with Crippen LogP contribution in [0, 0.1) is 0 Å². The molecule has 0 spiro atoms. The standard InChI is InChI=1S/C30H17N3S/c1-3-9-24-20(7-1)22-17-27-23(21-8-2-4-10-26(21)34-27)16-25(22)33(24)28-14-13-19-12-11-18-6-5-15-31-29(18)30(19)32-28/h1-17H. The molecule has 0 radical (unpaired) electrons. The van der Waals surface area contributed by atoms with Gasteiger partial charge in [-0.2, -0.15) is 0 Å². The molecule has 4 aromatic heterocycles. The zero-order valence-electron chi connectivity index (χ0n) is 18.1. The molecule has 0 aliphatic heterocycles. The number of hydrogen-bond acceptors (Lipinski definition) is 3. The van der Waals surface area contributed by atoms with Gasteiger partial charge in [0.1, 0.15) is 5.82 Å². The molecule has 0 saturated carbocycles. The largest absolute Gasteiger partial charge is 0.294 e. The molecular weight excluding hydrogens is 434 g/mol. The van der Waals surface area contributed by atoms with Gasteiger partial charge in [-0.15, -0.1) is 11.3 Å². The summed E-state index contributed by atoms with van der Waals surface area (Å²) in [7, 11) is 0. The van der Waals surface area contributed by atoms with Crippen LogP contribution in [-0.2, 0) is 0 Å². The molecule has 34 heavy (non-hydrogen) atoms. The van der Waals surface area contributed by atoms with E-state index in [1.807, 2.05) is 23.6 Å². The first kappa shape index (κ1) is 18.2. The molecule has 158 valence electrons. The van der Waals surface area contributed by atoms with Crippen molar-refractivity contribution in [2.75, 3.05) is 0 Å². The molecule has 0 saturated heterocycles. The van der Waals surface area contributed by atoms with Gasteiger partial charge >= 0.3 is 0 Å². The molecule has 0 N–H and O–H groups in total. The Balaban J connectivity index is 1.53. The smallest absolute Gasteiger partial charge is 0.138 e. The van der Waals surface area contributed by atoms with Gasteiger partial charge in [0, 0.05) is 47.9 Å². The highest BCUT2D eigenvalue weighted by Gasteiger charge is 2.16. The second-order valence-corrected chi connectivity index (χ2v) is 9.78. The first-order chi connectivity index (χ1) is 16.8. The number of nitrogens with zero attached hydrogens (tertiary/aromatic N) is 3. The molecule has 0 fully saturated rings. The zero-order chi connectivity index (χ0) is 22.2. The molecule has 3 nitrogen and oxygen atoms in total. The summed E-state index contributed by atoms with van der Waals surface area (Å²) >= 11 is 1.86. The highest BCUT2D eigenvalue weighted by Crippen LogP contribution is 2.40. The summed E-state index contributed by atoms with van der Waals surface area (Å²) in [4.78, 5) is 9.83. The molecule has 0 aliphatic rings. The van der Waals surface area contributed by atoms with E-state index >= 15 is 0 Å². The van der Waals surface area contributed by atoms with E-state index < -0.39 is 0 Å². The second kappa shape index (κ2) is 6.62. The lowest BCUT2D eigenvalue weighted by molar-refractivity contribution is 1.10. The van der Waals surface area contributed by atoms with Crippen molar-refractivity contribution < 1.29 is 0 Å². The van der Waals surface area contributed by atoms with Crippen LogP contribution in [0.5, 0.6) is 0 Å². The van der Waals surface area contributed by atoms with Crippen molar-refractivity contribution in [1.82, 2.24) is 14.5 Å². The predicted molar refractivity (Wildman–Crippen MR) is 144 cm³/mol. The maximum absolute atomic E-state index is 5.18. The molecule has 8 aromatic rings. The number of aromatic nitrogens is 3. The molecule has 0 unspecified atom stereocenters. The normalized spacial score (nSPS) is 12.1. The van der Waals surface area contributed by atoms with Gasteiger partial charge in [-0.05, 0) is 42.5 Å². The topological polar surface area (TPSA) is 30.7 Å². The molecule has 4 heterocycles. The van der Waals surface area contributed by atoms with E-state index in [2.05, 4.69) is 101 Å². The maximum Gasteiger partial charge on any atom is 0.138 e. The third kappa shape index (κ3) is 2.40. The molecule has 4 aromatic carbocycles. The average Bonchev–Trinajstić information content (AvgIpc) is 3.42. The van der Waals surface area contributed by atoms with Gasteiger partial charge in [-0.25, -0.2) is 4.98 Å². The summed E-state index contributed by atoms with van der Waals surface area (Å²) in [6.07, 6.45) is 1.84. The molecule has 0 aliphatic carbocycles. The van der Waals surface area contributed by atoms with Gasteiger partial charge < -0.3 is 0 Å². The van der Waals surface area contributed by atoms with E-state index in [0.717, 1.165) is 27.6 Å². The summed E-state index contributed by atoms with van der Waals surface area (Å²) in [6, 6.07) is 34.6. The van der Waals surface area contributed by atoms with Gasteiger partial charge in [-0.3, -0.25) is 9.55 Å². The van der Waals surface area contributed by atoms with Crippen LogP contribution in [0.3, 0.4) is 0 Å². The fraction of sp³-hybridized carbons (Fsp3) is 0. The van der Waals surface area contributed by atoms with Gasteiger partial charge in [0.2, 0.25) is 0 Å². The Morgan fingerprint density at radius 2 is 1.35 bits per heavy atom. The van der Waals surface area contributed by atoms with E-state index in [0.29, 0.717) is 0 Å². The lowest BCUT2D eigenvalue weighted by Gasteiger charge is -2.09. The zero-order valence-corrected chi connectivity index (χ0v) is 18.9. The summed E-state index contributed by atoms with van der Waals surface area (Å²) in [5, 5.41) is 7.31. The number of para-hydroxylation sites is 1. The maximum atomic E-state index is 5.18. The van der Waals surface area contributed by atoms with E-state index in [1.165, 1.54) is 42.0 Å². The number of benzene rings is 4. The van der Waals surface area contributed by atoms with Gasteiger partial charge in [0.05, 0.1) is 22.1 Å². The number of fused-ring (bicyclic) bond motifs is 9. The van der Waals surface area contributed by atoms with Gasteiger partial charge in [0.25, 0.3) is 0 Å². The van der Waals surface area contributed by atoms with Crippen LogP contribution in [0.2, 0.25) is 0 Å². The first-order valence-corrected chi connectivity index (χ1v) is 12.2. The van der Waals surface area contributed by atoms with Crippen LogP contribution in [-0.4, -0.2) is 14.5 Å². The van der Waals surface area contributed by atoms with Crippen LogP contribution < -0.4 is 0 Å². The minimum Gasteiger partial charge on any atom is -0.294 e. The Hall–Kier alpha value is -4.28. The average molecular weight is 452 g/mol. The lowest BCUT2D eigenvalue weighted by Crippen LogP contribution is -1.98. The molecule has 4 heteroatoms. The lowest BCUT2D eigenvalue weighted by atomic mass is 10.1. The van der Waals surface area contributed by atoms with Crippen LogP contribution in [0.1, 0.15) is 0 Å². The Kier molecular flexibility index (Phi) is 3.54. The SMILES string of the molecule is c1cnc2c(c1)ccc1ccc(-n3c4ccccc4c4cc5sc6ccccc6c5cc43)nc12. The summed E-state index contributed by atoms with van der Waals surface area (Å²) in [5.41, 5.74) is 4.22. The molecule has 8 rings (SSSR count). The number of rotatable bonds is 1. The molecule has 0 amide bonds. The predicted octanol–water partition coefficient (Wildman–Crippen LogP) is 8.25. The first-order valence-electron chi connectivity index (χ1n) is 11.3. The van der Waals surface area contributed by atoms with Crippen LogP contribution in [0.15, 0.2) is 103 Å². The van der Waals surface area contributed by atoms with Crippen molar-refractivity contribution in [2.45, 2.75) is 0 Å². The van der Waals surface area contributed by atoms with Crippen molar-refractivity contribution in [3.63, 3.8) is 0 Å². The Morgan fingerprint density at radius 1 is 0.559 bits per heavy atom. The highest BCUT2D eigenvalue weighted by atomic mass is 32.1. The monoisotopic (exact) mass is 451 g/mol. The van der Waals surface area contributed by atoms with Crippen molar-refractivity contribution in [2.24, 2.45) is 0 Å². The van der Waals surface area contributed by atoms with E-state index in [-0.39, 0.29) is 0 Å². The Labute approximate surface area is 198 Å². The summed E-state index contributed by atoms with van der Waals surface area (Å²) in [6.45, 7) is 0. The number of pyridine rings is 2. The fourth-order valence-corrected chi connectivity index (χ4v) is 6.40. The number of thiophene rings is 1. The minimum atomic E-state index is 0.913. The quantitative estimate of drug-likeness (QED) is 0.235. The van der Waals surface area contributed by atoms with Crippen LogP contribution >= 0.6 is 11.3 Å². The fourth-order valence-electron chi connectivity index (χ4n) is 5.27. The van der Waals surface area contributed by atoms with Crippen molar-refractivity contribution in [1.29, 1.82) is 0 Å². The van der Waals surface area contributed by atoms with Gasteiger partial charge in [0.15, 0.2) is 0 Å². The Bertz CT molecular complexity index is 2080. The van der Waals surface area contributed by atoms with Crippen molar-refractivity contribution in [3.8, 4) is 5.82 Å². The van der Waals surface area contributed by atoms with Crippen LogP contribution in [0.25, 0.3) is 69.6 Å².